The van der Waals surface area contributed by atoms with E-state index < -0.39 is 0 Å². The van der Waals surface area contributed by atoms with E-state index in [1.807, 2.05) is 37.5 Å². The molecule has 7 nitrogen and oxygen atoms in total. The Hall–Kier alpha value is -3.26. The van der Waals surface area contributed by atoms with Gasteiger partial charge in [-0.1, -0.05) is 31.7 Å². The van der Waals surface area contributed by atoms with Crippen molar-refractivity contribution in [3.05, 3.63) is 59.5 Å². The number of benzene rings is 1. The zero-order valence-corrected chi connectivity index (χ0v) is 21.1. The number of pyridine rings is 1. The molecule has 0 aliphatic carbocycles. The Morgan fingerprint density at radius 2 is 2.00 bits per heavy atom. The number of rotatable bonds is 5. The normalized spacial score (nSPS) is 15.4. The summed E-state index contributed by atoms with van der Waals surface area (Å²) in [5.74, 6) is 1.88. The SMILES string of the molecule is C=C(C)N=C(CC)C1CCN(c2nc3c(-c4cnc5ccccc5c4)cnn3c(N)c2Br)CC1. The van der Waals surface area contributed by atoms with E-state index in [1.165, 1.54) is 5.71 Å². The second-order valence-corrected chi connectivity index (χ2v) is 9.59. The molecule has 1 saturated heterocycles. The molecule has 0 radical (unpaired) electrons. The first-order chi connectivity index (χ1) is 16.5. The number of halogens is 1. The Bertz CT molecular complexity index is 1410. The Labute approximate surface area is 207 Å². The lowest BCUT2D eigenvalue weighted by Crippen LogP contribution is -2.37. The van der Waals surface area contributed by atoms with Crippen LogP contribution in [0.3, 0.4) is 0 Å². The Morgan fingerprint density at radius 3 is 2.74 bits per heavy atom. The van der Waals surface area contributed by atoms with Gasteiger partial charge in [0.05, 0.1) is 11.7 Å². The number of fused-ring (bicyclic) bond motifs is 2. The van der Waals surface area contributed by atoms with Gasteiger partial charge in [-0.25, -0.2) is 4.98 Å². The summed E-state index contributed by atoms with van der Waals surface area (Å²) in [4.78, 5) is 16.7. The number of para-hydroxylation sites is 1. The van der Waals surface area contributed by atoms with Gasteiger partial charge in [-0.15, -0.1) is 0 Å². The molecule has 0 bridgehead atoms. The Balaban J connectivity index is 1.49. The molecule has 1 aliphatic rings. The lowest BCUT2D eigenvalue weighted by atomic mass is 9.90. The minimum absolute atomic E-state index is 0.479. The summed E-state index contributed by atoms with van der Waals surface area (Å²) < 4.78 is 2.47. The smallest absolute Gasteiger partial charge is 0.167 e. The van der Waals surface area contributed by atoms with E-state index in [9.17, 15) is 0 Å². The molecule has 1 aromatic carbocycles. The minimum Gasteiger partial charge on any atom is -0.383 e. The van der Waals surface area contributed by atoms with Crippen LogP contribution in [0.2, 0.25) is 0 Å². The third-order valence-corrected chi connectivity index (χ3v) is 7.23. The van der Waals surface area contributed by atoms with Crippen LogP contribution in [0.1, 0.15) is 33.1 Å². The maximum Gasteiger partial charge on any atom is 0.167 e. The highest BCUT2D eigenvalue weighted by Crippen LogP contribution is 2.36. The van der Waals surface area contributed by atoms with Crippen LogP contribution in [0, 0.1) is 5.92 Å². The number of hydrogen-bond acceptors (Lipinski definition) is 6. The monoisotopic (exact) mass is 517 g/mol. The van der Waals surface area contributed by atoms with Gasteiger partial charge in [0, 0.05) is 53.1 Å². The van der Waals surface area contributed by atoms with E-state index >= 15 is 0 Å². The number of aliphatic imine (C=N–C) groups is 1. The number of nitrogens with two attached hydrogens (primary N) is 1. The lowest BCUT2D eigenvalue weighted by Gasteiger charge is -2.34. The molecule has 4 heterocycles. The molecule has 174 valence electrons. The molecular formula is C26H28BrN7. The summed E-state index contributed by atoms with van der Waals surface area (Å²) in [6.07, 6.45) is 6.70. The number of nitrogens with zero attached hydrogens (tertiary/aromatic N) is 6. The average Bonchev–Trinajstić information content (AvgIpc) is 3.28. The molecule has 4 aromatic rings. The first kappa shape index (κ1) is 22.5. The molecule has 0 spiro atoms. The number of piperidine rings is 1. The molecule has 0 atom stereocenters. The number of aromatic nitrogens is 4. The maximum atomic E-state index is 6.50. The molecule has 1 aliphatic heterocycles. The van der Waals surface area contributed by atoms with Crippen LogP contribution in [-0.4, -0.2) is 38.4 Å². The number of allylic oxidation sites excluding steroid dienone is 1. The molecule has 3 aromatic heterocycles. The van der Waals surface area contributed by atoms with E-state index in [0.29, 0.717) is 11.7 Å². The van der Waals surface area contributed by atoms with Gasteiger partial charge in [-0.05, 0) is 54.2 Å². The van der Waals surface area contributed by atoms with Crippen molar-refractivity contribution in [2.75, 3.05) is 23.7 Å². The lowest BCUT2D eigenvalue weighted by molar-refractivity contribution is 0.494. The van der Waals surface area contributed by atoms with E-state index in [1.54, 1.807) is 4.52 Å². The van der Waals surface area contributed by atoms with Crippen molar-refractivity contribution >= 4 is 49.8 Å². The van der Waals surface area contributed by atoms with Crippen molar-refractivity contribution < 1.29 is 0 Å². The second-order valence-electron chi connectivity index (χ2n) is 8.80. The van der Waals surface area contributed by atoms with E-state index in [4.69, 9.17) is 15.7 Å². The van der Waals surface area contributed by atoms with Crippen LogP contribution in [0.15, 0.2) is 64.5 Å². The summed E-state index contributed by atoms with van der Waals surface area (Å²) >= 11 is 3.69. The summed E-state index contributed by atoms with van der Waals surface area (Å²) in [7, 11) is 0. The van der Waals surface area contributed by atoms with Gasteiger partial charge in [-0.2, -0.15) is 9.61 Å². The van der Waals surface area contributed by atoms with Crippen LogP contribution < -0.4 is 10.6 Å². The average molecular weight is 518 g/mol. The van der Waals surface area contributed by atoms with E-state index in [0.717, 1.165) is 76.0 Å². The van der Waals surface area contributed by atoms with Crippen LogP contribution in [0.4, 0.5) is 11.6 Å². The van der Waals surface area contributed by atoms with Crippen molar-refractivity contribution in [3.63, 3.8) is 0 Å². The van der Waals surface area contributed by atoms with Crippen LogP contribution in [0.5, 0.6) is 0 Å². The van der Waals surface area contributed by atoms with Crippen molar-refractivity contribution in [2.45, 2.75) is 33.1 Å². The predicted molar refractivity (Wildman–Crippen MR) is 143 cm³/mol. The zero-order chi connectivity index (χ0) is 23.8. The Kier molecular flexibility index (Phi) is 6.08. The Morgan fingerprint density at radius 1 is 1.24 bits per heavy atom. The van der Waals surface area contributed by atoms with Crippen LogP contribution >= 0.6 is 15.9 Å². The van der Waals surface area contributed by atoms with Crippen molar-refractivity contribution in [3.8, 4) is 11.1 Å². The molecular weight excluding hydrogens is 490 g/mol. The summed E-state index contributed by atoms with van der Waals surface area (Å²) in [5, 5.41) is 5.60. The maximum absolute atomic E-state index is 6.50. The highest BCUT2D eigenvalue weighted by atomic mass is 79.9. The van der Waals surface area contributed by atoms with Gasteiger partial charge in [0.2, 0.25) is 0 Å². The quantitative estimate of drug-likeness (QED) is 0.333. The number of anilines is 2. The largest absolute Gasteiger partial charge is 0.383 e. The zero-order valence-electron chi connectivity index (χ0n) is 19.5. The van der Waals surface area contributed by atoms with Gasteiger partial charge < -0.3 is 10.6 Å². The molecule has 0 amide bonds. The van der Waals surface area contributed by atoms with Gasteiger partial charge in [0.1, 0.15) is 16.1 Å². The fourth-order valence-corrected chi connectivity index (χ4v) is 5.25. The highest BCUT2D eigenvalue weighted by Gasteiger charge is 2.26. The highest BCUT2D eigenvalue weighted by molar-refractivity contribution is 9.10. The standard InChI is InChI=1S/C26H28BrN7/c1-4-21(31-16(2)3)17-9-11-33(12-10-17)26-23(27)24(28)34-25(32-26)20(15-30-34)19-13-18-7-5-6-8-22(18)29-14-19/h5-8,13-15,17H,2,4,9-12,28H2,1,3H3. The minimum atomic E-state index is 0.479. The molecule has 8 heteroatoms. The predicted octanol–water partition coefficient (Wildman–Crippen LogP) is 5.89. The molecule has 1 fully saturated rings. The van der Waals surface area contributed by atoms with Crippen molar-refractivity contribution in [1.82, 2.24) is 19.6 Å². The summed E-state index contributed by atoms with van der Waals surface area (Å²) in [6.45, 7) is 9.86. The van der Waals surface area contributed by atoms with Crippen LogP contribution in [0.25, 0.3) is 27.7 Å². The first-order valence-electron chi connectivity index (χ1n) is 11.6. The van der Waals surface area contributed by atoms with Gasteiger partial charge in [0.15, 0.2) is 5.65 Å². The molecule has 0 saturated carbocycles. The second kappa shape index (κ2) is 9.18. The summed E-state index contributed by atoms with van der Waals surface area (Å²) in [6, 6.07) is 10.2. The third-order valence-electron chi connectivity index (χ3n) is 6.47. The number of hydrogen-bond donors (Lipinski definition) is 1. The van der Waals surface area contributed by atoms with Gasteiger partial charge >= 0.3 is 0 Å². The van der Waals surface area contributed by atoms with Crippen LogP contribution in [-0.2, 0) is 0 Å². The van der Waals surface area contributed by atoms with E-state index in [-0.39, 0.29) is 0 Å². The molecule has 5 rings (SSSR count). The van der Waals surface area contributed by atoms with Crippen molar-refractivity contribution in [1.29, 1.82) is 0 Å². The topological polar surface area (TPSA) is 84.7 Å². The molecule has 2 N–H and O–H groups in total. The van der Waals surface area contributed by atoms with E-state index in [2.05, 4.69) is 56.5 Å². The third kappa shape index (κ3) is 4.07. The van der Waals surface area contributed by atoms with Crippen molar-refractivity contribution in [2.24, 2.45) is 10.9 Å². The fourth-order valence-electron chi connectivity index (χ4n) is 4.74. The fraction of sp³-hybridized carbons (Fsp3) is 0.308. The van der Waals surface area contributed by atoms with Gasteiger partial charge in [-0.3, -0.25) is 9.98 Å². The number of nitrogen functional groups attached to an aromatic ring is 1. The van der Waals surface area contributed by atoms with Gasteiger partial charge in [0.25, 0.3) is 0 Å². The first-order valence-corrected chi connectivity index (χ1v) is 12.4. The summed E-state index contributed by atoms with van der Waals surface area (Å²) in [5.41, 5.74) is 12.2. The molecule has 0 unspecified atom stereocenters. The molecule has 34 heavy (non-hydrogen) atoms.